The maximum absolute atomic E-state index is 12.4. The van der Waals surface area contributed by atoms with Crippen LogP contribution >= 0.6 is 0 Å². The molecule has 1 aliphatic rings. The number of nitrogens with zero attached hydrogens (tertiary/aromatic N) is 2. The first-order valence-electron chi connectivity index (χ1n) is 6.82. The molecule has 3 rings (SSSR count). The first-order chi connectivity index (χ1) is 9.84. The monoisotopic (exact) mass is 266 g/mol. The van der Waals surface area contributed by atoms with Crippen molar-refractivity contribution >= 4 is 5.91 Å². The molecule has 0 atom stereocenters. The second-order valence-electron chi connectivity index (χ2n) is 4.84. The molecule has 4 nitrogen and oxygen atoms in total. The van der Waals surface area contributed by atoms with Crippen LogP contribution in [0.25, 0.3) is 11.1 Å². The second-order valence-corrected chi connectivity index (χ2v) is 4.84. The quantitative estimate of drug-likeness (QED) is 0.927. The largest absolute Gasteiger partial charge is 0.285 e. The third-order valence-corrected chi connectivity index (χ3v) is 3.44. The van der Waals surface area contributed by atoms with E-state index in [-0.39, 0.29) is 5.91 Å². The van der Waals surface area contributed by atoms with E-state index < -0.39 is 0 Å². The Morgan fingerprint density at radius 2 is 1.95 bits per heavy atom. The van der Waals surface area contributed by atoms with Crippen LogP contribution < -0.4 is 5.43 Å². The van der Waals surface area contributed by atoms with Gasteiger partial charge in [-0.15, -0.1) is 0 Å². The highest BCUT2D eigenvalue weighted by molar-refractivity contribution is 6.00. The molecule has 1 N–H and O–H groups in total. The summed E-state index contributed by atoms with van der Waals surface area (Å²) in [5, 5.41) is 1.98. The first kappa shape index (κ1) is 12.8. The molecule has 0 aliphatic carbocycles. The molecule has 1 aliphatic heterocycles. The van der Waals surface area contributed by atoms with E-state index in [4.69, 9.17) is 0 Å². The summed E-state index contributed by atoms with van der Waals surface area (Å²) in [5.41, 5.74) is 5.31. The molecule has 2 aromatic rings. The van der Waals surface area contributed by atoms with Gasteiger partial charge in [-0.25, -0.2) is 5.01 Å². The van der Waals surface area contributed by atoms with Gasteiger partial charge in [0.15, 0.2) is 0 Å². The standard InChI is InChI=1S/C16H16N3O/c20-16(18-19-10-3-4-11-19)15-8-2-1-7-14(15)13-6-5-9-17-12-13/h1-2,5-9H,3-4,10-11H2,(H,18,20). The van der Waals surface area contributed by atoms with Gasteiger partial charge >= 0.3 is 0 Å². The number of pyridine rings is 1. The fourth-order valence-electron chi connectivity index (χ4n) is 2.43. The molecule has 20 heavy (non-hydrogen) atoms. The van der Waals surface area contributed by atoms with Crippen LogP contribution in [0.15, 0.2) is 42.6 Å². The fourth-order valence-corrected chi connectivity index (χ4v) is 2.43. The van der Waals surface area contributed by atoms with Crippen molar-refractivity contribution in [3.63, 3.8) is 0 Å². The van der Waals surface area contributed by atoms with E-state index in [0.29, 0.717) is 5.56 Å². The van der Waals surface area contributed by atoms with Crippen molar-refractivity contribution in [2.24, 2.45) is 0 Å². The van der Waals surface area contributed by atoms with E-state index in [1.165, 1.54) is 0 Å². The maximum atomic E-state index is 12.4. The predicted molar refractivity (Wildman–Crippen MR) is 76.8 cm³/mol. The highest BCUT2D eigenvalue weighted by Crippen LogP contribution is 2.22. The van der Waals surface area contributed by atoms with Gasteiger partial charge in [-0.1, -0.05) is 24.3 Å². The van der Waals surface area contributed by atoms with Gasteiger partial charge in [0.1, 0.15) is 0 Å². The number of carbonyl (C=O) groups is 1. The minimum absolute atomic E-state index is 0.0697. The van der Waals surface area contributed by atoms with Crippen LogP contribution in [0.4, 0.5) is 0 Å². The van der Waals surface area contributed by atoms with Crippen molar-refractivity contribution < 1.29 is 4.79 Å². The van der Waals surface area contributed by atoms with Crippen LogP contribution in [0.5, 0.6) is 0 Å². The number of amides is 1. The molecule has 0 bridgehead atoms. The maximum Gasteiger partial charge on any atom is 0.266 e. The molecule has 0 spiro atoms. The lowest BCUT2D eigenvalue weighted by Crippen LogP contribution is -2.40. The van der Waals surface area contributed by atoms with E-state index >= 15 is 0 Å². The average Bonchev–Trinajstić information content (AvgIpc) is 3.01. The number of benzene rings is 1. The van der Waals surface area contributed by atoms with Crippen LogP contribution in [0.1, 0.15) is 23.2 Å². The molecule has 1 amide bonds. The lowest BCUT2D eigenvalue weighted by atomic mass is 10.0. The average molecular weight is 266 g/mol. The molecule has 1 aromatic heterocycles. The molecule has 1 radical (unpaired) electrons. The van der Waals surface area contributed by atoms with Crippen LogP contribution in [0.3, 0.4) is 0 Å². The molecule has 2 heterocycles. The predicted octanol–water partition coefficient (Wildman–Crippen LogP) is 2.29. The zero-order valence-electron chi connectivity index (χ0n) is 11.2. The molecule has 4 heteroatoms. The van der Waals surface area contributed by atoms with E-state index in [2.05, 4.69) is 16.6 Å². The number of nitrogens with one attached hydrogen (secondary N) is 1. The van der Waals surface area contributed by atoms with Crippen LogP contribution in [-0.2, 0) is 0 Å². The van der Waals surface area contributed by atoms with Gasteiger partial charge in [0.2, 0.25) is 0 Å². The molecule has 1 aromatic carbocycles. The Morgan fingerprint density at radius 1 is 1.15 bits per heavy atom. The highest BCUT2D eigenvalue weighted by Gasteiger charge is 2.17. The topological polar surface area (TPSA) is 45.2 Å². The number of hydrazine groups is 1. The van der Waals surface area contributed by atoms with E-state index in [0.717, 1.165) is 37.1 Å². The summed E-state index contributed by atoms with van der Waals surface area (Å²) in [6.07, 6.45) is 6.88. The number of hydrogen-bond donors (Lipinski definition) is 1. The summed E-state index contributed by atoms with van der Waals surface area (Å²) in [7, 11) is 0. The summed E-state index contributed by atoms with van der Waals surface area (Å²) < 4.78 is 0. The number of rotatable bonds is 3. The zero-order valence-corrected chi connectivity index (χ0v) is 11.2. The summed E-state index contributed by atoms with van der Waals surface area (Å²) in [4.78, 5) is 16.4. The van der Waals surface area contributed by atoms with E-state index in [1.807, 2.05) is 41.4 Å². The molecule has 0 saturated carbocycles. The SMILES string of the molecule is O=C(NN1CCCC1)c1ccccc1-c1[c]nccc1. The molecular formula is C16H16N3O. The van der Waals surface area contributed by atoms with Crippen molar-refractivity contribution in [1.29, 1.82) is 0 Å². The van der Waals surface area contributed by atoms with Crippen LogP contribution in [-0.4, -0.2) is 29.0 Å². The Balaban J connectivity index is 1.87. The Hall–Kier alpha value is -2.20. The molecule has 0 unspecified atom stereocenters. The van der Waals surface area contributed by atoms with Gasteiger partial charge in [0, 0.05) is 30.4 Å². The third kappa shape index (κ3) is 2.70. The van der Waals surface area contributed by atoms with Gasteiger partial charge in [0.25, 0.3) is 5.91 Å². The summed E-state index contributed by atoms with van der Waals surface area (Å²) in [5.74, 6) is -0.0697. The van der Waals surface area contributed by atoms with Crippen LogP contribution in [0, 0.1) is 6.20 Å². The minimum Gasteiger partial charge on any atom is -0.285 e. The van der Waals surface area contributed by atoms with Gasteiger partial charge < -0.3 is 0 Å². The number of carbonyl (C=O) groups excluding carboxylic acids is 1. The van der Waals surface area contributed by atoms with Crippen molar-refractivity contribution in [3.8, 4) is 11.1 Å². The van der Waals surface area contributed by atoms with Crippen molar-refractivity contribution in [1.82, 2.24) is 15.4 Å². The van der Waals surface area contributed by atoms with Crippen molar-refractivity contribution in [3.05, 3.63) is 54.4 Å². The number of hydrogen-bond acceptors (Lipinski definition) is 3. The van der Waals surface area contributed by atoms with E-state index in [9.17, 15) is 4.79 Å². The highest BCUT2D eigenvalue weighted by atomic mass is 16.2. The van der Waals surface area contributed by atoms with Crippen LogP contribution in [0.2, 0.25) is 0 Å². The second kappa shape index (κ2) is 5.84. The smallest absolute Gasteiger partial charge is 0.266 e. The Kier molecular flexibility index (Phi) is 3.74. The Labute approximate surface area is 118 Å². The minimum atomic E-state index is -0.0697. The Morgan fingerprint density at radius 3 is 2.70 bits per heavy atom. The van der Waals surface area contributed by atoms with Gasteiger partial charge in [-0.2, -0.15) is 0 Å². The normalized spacial score (nSPS) is 15.2. The zero-order chi connectivity index (χ0) is 13.8. The molecular weight excluding hydrogens is 250 g/mol. The number of aromatic nitrogens is 1. The third-order valence-electron chi connectivity index (χ3n) is 3.44. The molecule has 101 valence electrons. The van der Waals surface area contributed by atoms with Gasteiger partial charge in [-0.05, 0) is 30.5 Å². The first-order valence-corrected chi connectivity index (χ1v) is 6.82. The van der Waals surface area contributed by atoms with Gasteiger partial charge in [0.05, 0.1) is 6.20 Å². The fraction of sp³-hybridized carbons (Fsp3) is 0.250. The van der Waals surface area contributed by atoms with E-state index in [1.54, 1.807) is 6.20 Å². The lowest BCUT2D eigenvalue weighted by molar-refractivity contribution is 0.0826. The Bertz CT molecular complexity index is 592. The lowest BCUT2D eigenvalue weighted by Gasteiger charge is -2.17. The molecule has 1 fully saturated rings. The van der Waals surface area contributed by atoms with Gasteiger partial charge in [-0.3, -0.25) is 15.2 Å². The summed E-state index contributed by atoms with van der Waals surface area (Å²) >= 11 is 0. The summed E-state index contributed by atoms with van der Waals surface area (Å²) in [6.45, 7) is 1.85. The summed E-state index contributed by atoms with van der Waals surface area (Å²) in [6, 6.07) is 11.3. The van der Waals surface area contributed by atoms with Crippen molar-refractivity contribution in [2.75, 3.05) is 13.1 Å². The molecule has 1 saturated heterocycles. The van der Waals surface area contributed by atoms with Crippen molar-refractivity contribution in [2.45, 2.75) is 12.8 Å².